The summed E-state index contributed by atoms with van der Waals surface area (Å²) in [5.41, 5.74) is 1.17. The number of carbonyl (C=O) groups excluding carboxylic acids is 1. The third-order valence-corrected chi connectivity index (χ3v) is 4.39. The molecule has 0 saturated carbocycles. The number of pyridine rings is 1. The molecule has 0 aliphatic carbocycles. The fourth-order valence-corrected chi connectivity index (χ4v) is 3.03. The lowest BCUT2D eigenvalue weighted by atomic mass is 9.96. The molecule has 1 aromatic carbocycles. The zero-order chi connectivity index (χ0) is 18.6. The van der Waals surface area contributed by atoms with Gasteiger partial charge in [0.1, 0.15) is 5.69 Å². The van der Waals surface area contributed by atoms with E-state index in [0.717, 1.165) is 0 Å². The van der Waals surface area contributed by atoms with Gasteiger partial charge in [0.15, 0.2) is 0 Å². The van der Waals surface area contributed by atoms with Gasteiger partial charge in [-0.15, -0.1) is 0 Å². The molecule has 3 N–H and O–H groups in total. The van der Waals surface area contributed by atoms with E-state index in [1.54, 1.807) is 30.5 Å². The first-order chi connectivity index (χ1) is 12.4. The highest BCUT2D eigenvalue weighted by atomic mass is 19.4. The molecular weight excluding hydrogens is 345 g/mol. The molecule has 1 fully saturated rings. The van der Waals surface area contributed by atoms with Crippen molar-refractivity contribution in [3.8, 4) is 0 Å². The Bertz CT molecular complexity index is 744. The summed E-state index contributed by atoms with van der Waals surface area (Å²) >= 11 is 0. The van der Waals surface area contributed by atoms with Crippen molar-refractivity contribution in [3.63, 3.8) is 0 Å². The number of aromatic amines is 1. The van der Waals surface area contributed by atoms with Gasteiger partial charge >= 0.3 is 12.2 Å². The van der Waals surface area contributed by atoms with Crippen LogP contribution < -0.4 is 20.5 Å². The molecule has 138 valence electrons. The van der Waals surface area contributed by atoms with Gasteiger partial charge in [-0.2, -0.15) is 13.2 Å². The third kappa shape index (κ3) is 4.44. The van der Waals surface area contributed by atoms with Crippen LogP contribution >= 0.6 is 0 Å². The number of nitrogens with zero attached hydrogens (tertiary/aromatic N) is 1. The molecule has 1 aliphatic rings. The lowest BCUT2D eigenvalue weighted by Crippen LogP contribution is -2.41. The summed E-state index contributed by atoms with van der Waals surface area (Å²) < 4.78 is 38.5. The van der Waals surface area contributed by atoms with Gasteiger partial charge in [0.2, 0.25) is 0 Å². The van der Waals surface area contributed by atoms with E-state index in [0.29, 0.717) is 17.2 Å². The van der Waals surface area contributed by atoms with Crippen LogP contribution in [-0.2, 0) is 0 Å². The van der Waals surface area contributed by atoms with Crippen molar-refractivity contribution in [2.24, 2.45) is 5.92 Å². The second kappa shape index (κ2) is 7.63. The van der Waals surface area contributed by atoms with Crippen LogP contribution in [0.3, 0.4) is 0 Å². The van der Waals surface area contributed by atoms with Gasteiger partial charge in [0.25, 0.3) is 5.82 Å². The number of aromatic nitrogens is 1. The molecule has 0 spiro atoms. The SMILES string of the molecule is O=C(Nc1ccccc1)Nc1ccc[nH+]c1N1CCC(C(F)(F)F)CC1. The Morgan fingerprint density at radius 1 is 1.04 bits per heavy atom. The molecule has 26 heavy (non-hydrogen) atoms. The quantitative estimate of drug-likeness (QED) is 0.866. The van der Waals surface area contributed by atoms with Crippen LogP contribution in [0.2, 0.25) is 0 Å². The van der Waals surface area contributed by atoms with Crippen LogP contribution in [0, 0.1) is 5.92 Å². The molecule has 0 radical (unpaired) electrons. The molecule has 1 saturated heterocycles. The molecular formula is C18H20F3N4O+. The molecule has 5 nitrogen and oxygen atoms in total. The van der Waals surface area contributed by atoms with E-state index in [1.807, 2.05) is 23.1 Å². The maximum absolute atomic E-state index is 12.8. The van der Waals surface area contributed by atoms with Gasteiger partial charge in [-0.05, 0) is 37.1 Å². The fraction of sp³-hybridized carbons (Fsp3) is 0.333. The number of hydrogen-bond acceptors (Lipinski definition) is 2. The number of anilines is 3. The molecule has 2 amide bonds. The van der Waals surface area contributed by atoms with Crippen LogP contribution in [0.1, 0.15) is 12.8 Å². The van der Waals surface area contributed by atoms with Crippen molar-refractivity contribution in [1.82, 2.24) is 0 Å². The van der Waals surface area contributed by atoms with Gasteiger partial charge in [-0.25, -0.2) is 9.78 Å². The Labute approximate surface area is 149 Å². The standard InChI is InChI=1S/C18H19F3N4O/c19-18(20,21)13-8-11-25(12-9-13)16-15(7-4-10-22-16)24-17(26)23-14-5-2-1-3-6-14/h1-7,10,13H,8-9,11-12H2,(H2,23,24,26)/p+1. The maximum atomic E-state index is 12.8. The lowest BCUT2D eigenvalue weighted by Gasteiger charge is -2.29. The first kappa shape index (κ1) is 18.0. The Morgan fingerprint density at radius 2 is 1.73 bits per heavy atom. The molecule has 2 heterocycles. The molecule has 2 aromatic rings. The number of rotatable bonds is 3. The normalized spacial score (nSPS) is 15.6. The number of H-pyrrole nitrogens is 1. The maximum Gasteiger partial charge on any atom is 0.392 e. The summed E-state index contributed by atoms with van der Waals surface area (Å²) in [4.78, 5) is 17.1. The summed E-state index contributed by atoms with van der Waals surface area (Å²) in [5.74, 6) is -0.656. The predicted molar refractivity (Wildman–Crippen MR) is 93.1 cm³/mol. The number of benzene rings is 1. The number of amides is 2. The van der Waals surface area contributed by atoms with Crippen LogP contribution in [-0.4, -0.2) is 25.3 Å². The van der Waals surface area contributed by atoms with E-state index in [-0.39, 0.29) is 25.9 Å². The van der Waals surface area contributed by atoms with Gasteiger partial charge in [-0.1, -0.05) is 18.2 Å². The van der Waals surface area contributed by atoms with E-state index in [1.165, 1.54) is 0 Å². The summed E-state index contributed by atoms with van der Waals surface area (Å²) in [7, 11) is 0. The monoisotopic (exact) mass is 365 g/mol. The average molecular weight is 365 g/mol. The van der Waals surface area contributed by atoms with Crippen molar-refractivity contribution in [2.75, 3.05) is 28.6 Å². The summed E-state index contributed by atoms with van der Waals surface area (Å²) in [6, 6.07) is 12.0. The summed E-state index contributed by atoms with van der Waals surface area (Å²) in [6.07, 6.45) is -2.38. The molecule has 1 aromatic heterocycles. The molecule has 0 atom stereocenters. The van der Waals surface area contributed by atoms with Crippen LogP contribution in [0.4, 0.5) is 35.2 Å². The van der Waals surface area contributed by atoms with Gasteiger partial charge in [-0.3, -0.25) is 4.90 Å². The largest absolute Gasteiger partial charge is 0.392 e. The fourth-order valence-electron chi connectivity index (χ4n) is 3.03. The summed E-state index contributed by atoms with van der Waals surface area (Å²) in [5, 5.41) is 5.47. The van der Waals surface area contributed by atoms with Crippen LogP contribution in [0.25, 0.3) is 0 Å². The second-order valence-corrected chi connectivity index (χ2v) is 6.18. The molecule has 3 rings (SSSR count). The van der Waals surface area contributed by atoms with Crippen LogP contribution in [0.15, 0.2) is 48.7 Å². The van der Waals surface area contributed by atoms with E-state index in [9.17, 15) is 18.0 Å². The Hall–Kier alpha value is -2.77. The van der Waals surface area contributed by atoms with Crippen molar-refractivity contribution in [1.29, 1.82) is 0 Å². The molecule has 1 aliphatic heterocycles. The van der Waals surface area contributed by atoms with Crippen molar-refractivity contribution in [3.05, 3.63) is 48.7 Å². The zero-order valence-electron chi connectivity index (χ0n) is 14.0. The number of para-hydroxylation sites is 1. The van der Waals surface area contributed by atoms with Crippen molar-refractivity contribution >= 4 is 23.2 Å². The zero-order valence-corrected chi connectivity index (χ0v) is 14.0. The minimum absolute atomic E-state index is 0.0435. The number of hydrogen-bond donors (Lipinski definition) is 2. The Morgan fingerprint density at radius 3 is 2.38 bits per heavy atom. The number of carbonyl (C=O) groups is 1. The highest BCUT2D eigenvalue weighted by molar-refractivity contribution is 6.01. The smallest absolute Gasteiger partial charge is 0.308 e. The van der Waals surface area contributed by atoms with Gasteiger partial charge < -0.3 is 10.6 Å². The van der Waals surface area contributed by atoms with Gasteiger partial charge in [0, 0.05) is 5.69 Å². The number of piperidine rings is 1. The minimum Gasteiger partial charge on any atom is -0.308 e. The topological polar surface area (TPSA) is 58.5 Å². The van der Waals surface area contributed by atoms with Crippen LogP contribution in [0.5, 0.6) is 0 Å². The lowest BCUT2D eigenvalue weighted by molar-refractivity contribution is -0.363. The number of alkyl halides is 3. The molecule has 0 unspecified atom stereocenters. The minimum atomic E-state index is -4.15. The summed E-state index contributed by atoms with van der Waals surface area (Å²) in [6.45, 7) is 0.555. The number of halogens is 3. The highest BCUT2D eigenvalue weighted by Crippen LogP contribution is 2.35. The number of urea groups is 1. The second-order valence-electron chi connectivity index (χ2n) is 6.18. The first-order valence-electron chi connectivity index (χ1n) is 8.39. The van der Waals surface area contributed by atoms with E-state index in [2.05, 4.69) is 15.6 Å². The van der Waals surface area contributed by atoms with E-state index >= 15 is 0 Å². The number of nitrogens with one attached hydrogen (secondary N) is 3. The van der Waals surface area contributed by atoms with Crippen molar-refractivity contribution < 1.29 is 22.9 Å². The average Bonchev–Trinajstić information content (AvgIpc) is 2.62. The van der Waals surface area contributed by atoms with Crippen molar-refractivity contribution in [2.45, 2.75) is 19.0 Å². The third-order valence-electron chi connectivity index (χ3n) is 4.39. The first-order valence-corrected chi connectivity index (χ1v) is 8.39. The Balaban J connectivity index is 1.66. The van der Waals surface area contributed by atoms with E-state index in [4.69, 9.17) is 0 Å². The highest BCUT2D eigenvalue weighted by Gasteiger charge is 2.43. The van der Waals surface area contributed by atoms with Gasteiger partial charge in [0.05, 0.1) is 25.2 Å². The predicted octanol–water partition coefficient (Wildman–Crippen LogP) is 3.92. The van der Waals surface area contributed by atoms with E-state index < -0.39 is 18.1 Å². The molecule has 8 heteroatoms. The Kier molecular flexibility index (Phi) is 5.29. The molecule has 0 bridgehead atoms.